The van der Waals surface area contributed by atoms with E-state index < -0.39 is 0 Å². The van der Waals surface area contributed by atoms with E-state index in [1.807, 2.05) is 30.3 Å². The number of hydrogen-bond donors (Lipinski definition) is 1. The van der Waals surface area contributed by atoms with Crippen LogP contribution in [0.3, 0.4) is 0 Å². The fraction of sp³-hybridized carbons (Fsp3) is 0.412. The molecule has 0 atom stereocenters. The van der Waals surface area contributed by atoms with E-state index in [0.29, 0.717) is 10.9 Å². The molecule has 1 N–H and O–H groups in total. The Morgan fingerprint density at radius 3 is 2.60 bits per heavy atom. The minimum Gasteiger partial charge on any atom is -0.358 e. The molecule has 3 rings (SSSR count). The number of amides is 1. The average Bonchev–Trinajstić information content (AvgIpc) is 2.92. The normalized spacial score (nSPS) is 14.8. The van der Waals surface area contributed by atoms with Crippen molar-refractivity contribution in [2.45, 2.75) is 25.7 Å². The number of hydrogen-bond acceptors (Lipinski definition) is 6. The second-order valence-electron chi connectivity index (χ2n) is 5.78. The third-order valence-corrected chi connectivity index (χ3v) is 6.29. The van der Waals surface area contributed by atoms with E-state index in [4.69, 9.17) is 12.2 Å². The molecule has 1 saturated heterocycles. The van der Waals surface area contributed by atoms with Crippen molar-refractivity contribution >= 4 is 50.7 Å². The summed E-state index contributed by atoms with van der Waals surface area (Å²) in [5.74, 6) is 0.202. The first-order chi connectivity index (χ1) is 12.2. The van der Waals surface area contributed by atoms with Gasteiger partial charge in [-0.3, -0.25) is 10.1 Å². The van der Waals surface area contributed by atoms with Crippen LogP contribution in [0.5, 0.6) is 0 Å². The summed E-state index contributed by atoms with van der Waals surface area (Å²) in [6, 6.07) is 9.81. The highest BCUT2D eigenvalue weighted by Crippen LogP contribution is 2.26. The molecule has 132 valence electrons. The molecule has 0 unspecified atom stereocenters. The Morgan fingerprint density at radius 1 is 1.16 bits per heavy atom. The van der Waals surface area contributed by atoms with Crippen LogP contribution in [0.15, 0.2) is 30.3 Å². The number of anilines is 1. The van der Waals surface area contributed by atoms with E-state index in [2.05, 4.69) is 20.4 Å². The van der Waals surface area contributed by atoms with Gasteiger partial charge in [0.1, 0.15) is 9.33 Å². The van der Waals surface area contributed by atoms with E-state index in [0.717, 1.165) is 28.0 Å². The average molecular weight is 393 g/mol. The summed E-state index contributed by atoms with van der Waals surface area (Å²) in [5, 5.41) is 12.3. The number of rotatable bonds is 4. The second kappa shape index (κ2) is 9.26. The molecule has 5 nitrogen and oxygen atoms in total. The molecule has 0 bridgehead atoms. The number of thiocarbonyl (C=S) groups is 1. The number of nitrogens with zero attached hydrogens (tertiary/aromatic N) is 3. The molecule has 1 fully saturated rings. The topological polar surface area (TPSA) is 58.1 Å². The van der Waals surface area contributed by atoms with Crippen molar-refractivity contribution < 1.29 is 4.79 Å². The molecule has 1 aliphatic heterocycles. The molecule has 0 spiro atoms. The van der Waals surface area contributed by atoms with Crippen molar-refractivity contribution in [3.05, 3.63) is 30.3 Å². The Labute approximate surface area is 161 Å². The van der Waals surface area contributed by atoms with Gasteiger partial charge in [-0.1, -0.05) is 78.5 Å². The molecule has 0 radical (unpaired) electrons. The van der Waals surface area contributed by atoms with Gasteiger partial charge >= 0.3 is 0 Å². The summed E-state index contributed by atoms with van der Waals surface area (Å²) < 4.78 is 0.819. The van der Waals surface area contributed by atoms with Crippen LogP contribution in [0.25, 0.3) is 10.6 Å². The zero-order valence-corrected chi connectivity index (χ0v) is 16.3. The molecule has 2 aromatic rings. The minimum atomic E-state index is -0.0991. The van der Waals surface area contributed by atoms with Crippen molar-refractivity contribution in [3.63, 3.8) is 0 Å². The monoisotopic (exact) mass is 392 g/mol. The molecule has 2 heterocycles. The summed E-state index contributed by atoms with van der Waals surface area (Å²) >= 11 is 8.27. The maximum absolute atomic E-state index is 12.1. The van der Waals surface area contributed by atoms with Gasteiger partial charge in [-0.15, -0.1) is 10.2 Å². The number of carbonyl (C=O) groups excluding carboxylic acids is 1. The Kier molecular flexibility index (Phi) is 6.77. The summed E-state index contributed by atoms with van der Waals surface area (Å²) in [6.45, 7) is 2.01. The Balaban J connectivity index is 1.48. The zero-order valence-electron chi connectivity index (χ0n) is 13.8. The van der Waals surface area contributed by atoms with Crippen LogP contribution in [0, 0.1) is 0 Å². The van der Waals surface area contributed by atoms with Gasteiger partial charge in [0.25, 0.3) is 0 Å². The van der Waals surface area contributed by atoms with E-state index in [-0.39, 0.29) is 5.91 Å². The molecule has 0 aliphatic carbocycles. The lowest BCUT2D eigenvalue weighted by atomic mass is 10.2. The quantitative estimate of drug-likeness (QED) is 0.793. The maximum atomic E-state index is 12.1. The number of carbonyl (C=O) groups is 1. The summed E-state index contributed by atoms with van der Waals surface area (Å²) in [5.41, 5.74) is 0.997. The predicted molar refractivity (Wildman–Crippen MR) is 109 cm³/mol. The number of benzene rings is 1. The molecule has 1 aliphatic rings. The van der Waals surface area contributed by atoms with Gasteiger partial charge in [-0.05, 0) is 12.8 Å². The summed E-state index contributed by atoms with van der Waals surface area (Å²) in [4.78, 5) is 14.4. The maximum Gasteiger partial charge on any atom is 0.236 e. The molecule has 1 amide bonds. The molecule has 25 heavy (non-hydrogen) atoms. The molecule has 8 heteroatoms. The van der Waals surface area contributed by atoms with Gasteiger partial charge in [0, 0.05) is 18.7 Å². The lowest BCUT2D eigenvalue weighted by molar-refractivity contribution is -0.113. The van der Waals surface area contributed by atoms with E-state index in [1.165, 1.54) is 48.8 Å². The summed E-state index contributed by atoms with van der Waals surface area (Å²) in [7, 11) is 0. The van der Waals surface area contributed by atoms with Crippen molar-refractivity contribution in [2.75, 3.05) is 24.2 Å². The third kappa shape index (κ3) is 5.49. The second-order valence-corrected chi connectivity index (χ2v) is 8.37. The van der Waals surface area contributed by atoms with Gasteiger partial charge < -0.3 is 4.90 Å². The fourth-order valence-corrected chi connectivity index (χ4v) is 4.41. The Hall–Kier alpha value is -1.51. The molecule has 1 aromatic carbocycles. The number of likely N-dealkylation sites (tertiary alicyclic amines) is 1. The highest BCUT2D eigenvalue weighted by atomic mass is 32.2. The van der Waals surface area contributed by atoms with Crippen LogP contribution in [0.1, 0.15) is 25.7 Å². The standard InChI is InChI=1S/C17H20N4OS3/c22-14(12-24-17(23)21-10-6-1-2-7-11-21)18-16-20-19-15(25-16)13-8-4-3-5-9-13/h3-5,8-9H,1-2,6-7,10-12H2,(H,18,20,22). The van der Waals surface area contributed by atoms with Gasteiger partial charge in [-0.2, -0.15) is 0 Å². The molecule has 1 aromatic heterocycles. The van der Waals surface area contributed by atoms with E-state index >= 15 is 0 Å². The molecular weight excluding hydrogens is 372 g/mol. The highest BCUT2D eigenvalue weighted by Gasteiger charge is 2.15. The van der Waals surface area contributed by atoms with Gasteiger partial charge in [0.05, 0.1) is 5.75 Å². The van der Waals surface area contributed by atoms with Crippen LogP contribution in [0.4, 0.5) is 5.13 Å². The SMILES string of the molecule is O=C(CSC(=S)N1CCCCCC1)Nc1nnc(-c2ccccc2)s1. The minimum absolute atomic E-state index is 0.0991. The van der Waals surface area contributed by atoms with Crippen molar-refractivity contribution in [1.82, 2.24) is 15.1 Å². The third-order valence-electron chi connectivity index (χ3n) is 3.88. The van der Waals surface area contributed by atoms with Crippen LogP contribution in [-0.4, -0.2) is 44.2 Å². The number of aromatic nitrogens is 2. The largest absolute Gasteiger partial charge is 0.358 e. The first-order valence-corrected chi connectivity index (χ1v) is 10.5. The Morgan fingerprint density at radius 2 is 1.88 bits per heavy atom. The molecule has 0 saturated carbocycles. The highest BCUT2D eigenvalue weighted by molar-refractivity contribution is 8.23. The van der Waals surface area contributed by atoms with Crippen LogP contribution < -0.4 is 5.32 Å². The smallest absolute Gasteiger partial charge is 0.236 e. The van der Waals surface area contributed by atoms with Gasteiger partial charge in [0.15, 0.2) is 0 Å². The lowest BCUT2D eigenvalue weighted by Gasteiger charge is -2.22. The van der Waals surface area contributed by atoms with Gasteiger partial charge in [0.2, 0.25) is 11.0 Å². The first kappa shape index (κ1) is 18.3. The molecular formula is C17H20N4OS3. The number of thioether (sulfide) groups is 1. The van der Waals surface area contributed by atoms with Crippen LogP contribution >= 0.6 is 35.3 Å². The van der Waals surface area contributed by atoms with E-state index in [9.17, 15) is 4.79 Å². The Bertz CT molecular complexity index is 712. The fourth-order valence-electron chi connectivity index (χ4n) is 2.60. The predicted octanol–water partition coefficient (Wildman–Crippen LogP) is 4.04. The van der Waals surface area contributed by atoms with Crippen molar-refractivity contribution in [3.8, 4) is 10.6 Å². The van der Waals surface area contributed by atoms with Crippen LogP contribution in [-0.2, 0) is 4.79 Å². The van der Waals surface area contributed by atoms with Gasteiger partial charge in [-0.25, -0.2) is 0 Å². The summed E-state index contributed by atoms with van der Waals surface area (Å²) in [6.07, 6.45) is 4.90. The number of nitrogens with one attached hydrogen (secondary N) is 1. The lowest BCUT2D eigenvalue weighted by Crippen LogP contribution is -2.29. The zero-order chi connectivity index (χ0) is 17.5. The van der Waals surface area contributed by atoms with E-state index in [1.54, 1.807) is 0 Å². The van der Waals surface area contributed by atoms with Crippen LogP contribution in [0.2, 0.25) is 0 Å². The van der Waals surface area contributed by atoms with Crippen molar-refractivity contribution in [2.24, 2.45) is 0 Å². The van der Waals surface area contributed by atoms with Crippen molar-refractivity contribution in [1.29, 1.82) is 0 Å². The first-order valence-electron chi connectivity index (χ1n) is 8.33.